The molecule has 0 radical (unpaired) electrons. The fourth-order valence-electron chi connectivity index (χ4n) is 3.30. The van der Waals surface area contributed by atoms with Crippen molar-refractivity contribution in [3.63, 3.8) is 0 Å². The molecule has 1 rings (SSSR count). The lowest BCUT2D eigenvalue weighted by atomic mass is 9.85. The first kappa shape index (κ1) is 21.7. The van der Waals surface area contributed by atoms with Gasteiger partial charge >= 0.3 is 5.97 Å². The Morgan fingerprint density at radius 3 is 2.12 bits per heavy atom. The molecule has 0 saturated heterocycles. The molecule has 0 fully saturated rings. The normalized spacial score (nSPS) is 12.4. The summed E-state index contributed by atoms with van der Waals surface area (Å²) in [4.78, 5) is 11.2. The van der Waals surface area contributed by atoms with Crippen LogP contribution in [0.2, 0.25) is 0 Å². The molecule has 0 aliphatic carbocycles. The SMILES string of the molecule is Cc1cccc(CCCCC(C)(C)C)c1CCCCC(C)(C)C(=O)O. The second-order valence-corrected chi connectivity index (χ2v) is 9.38. The van der Waals surface area contributed by atoms with Crippen LogP contribution >= 0.6 is 0 Å². The highest BCUT2D eigenvalue weighted by molar-refractivity contribution is 5.73. The maximum atomic E-state index is 11.2. The number of rotatable bonds is 10. The number of aliphatic carboxylic acids is 1. The van der Waals surface area contributed by atoms with Crippen LogP contribution in [0.3, 0.4) is 0 Å². The topological polar surface area (TPSA) is 37.3 Å². The Hall–Kier alpha value is -1.31. The van der Waals surface area contributed by atoms with Crippen LogP contribution in [0.4, 0.5) is 0 Å². The zero-order chi connectivity index (χ0) is 19.1. The predicted molar refractivity (Wildman–Crippen MR) is 107 cm³/mol. The standard InChI is InChI=1S/C23H38O2/c1-18-12-11-14-19(13-7-9-16-22(2,3)4)20(18)15-8-10-17-23(5,6)21(24)25/h11-12,14H,7-10,13,15-17H2,1-6H3,(H,24,25). The molecular formula is C23H38O2. The minimum Gasteiger partial charge on any atom is -0.481 e. The number of carboxylic acids is 1. The summed E-state index contributed by atoms with van der Waals surface area (Å²) >= 11 is 0. The lowest BCUT2D eigenvalue weighted by Gasteiger charge is -2.19. The van der Waals surface area contributed by atoms with E-state index in [9.17, 15) is 9.90 Å². The third-order valence-corrected chi connectivity index (χ3v) is 5.19. The van der Waals surface area contributed by atoms with Crippen molar-refractivity contribution in [1.82, 2.24) is 0 Å². The van der Waals surface area contributed by atoms with Gasteiger partial charge in [0.15, 0.2) is 0 Å². The van der Waals surface area contributed by atoms with Gasteiger partial charge in [-0.1, -0.05) is 51.8 Å². The summed E-state index contributed by atoms with van der Waals surface area (Å²) < 4.78 is 0. The van der Waals surface area contributed by atoms with Gasteiger partial charge in [0.25, 0.3) is 0 Å². The maximum absolute atomic E-state index is 11.2. The summed E-state index contributed by atoms with van der Waals surface area (Å²) in [7, 11) is 0. The van der Waals surface area contributed by atoms with Gasteiger partial charge in [0.1, 0.15) is 0 Å². The Labute approximate surface area is 155 Å². The van der Waals surface area contributed by atoms with Gasteiger partial charge in [-0.05, 0) is 81.4 Å². The zero-order valence-corrected chi connectivity index (χ0v) is 17.2. The Morgan fingerprint density at radius 1 is 0.920 bits per heavy atom. The Morgan fingerprint density at radius 2 is 1.52 bits per heavy atom. The molecule has 142 valence electrons. The van der Waals surface area contributed by atoms with Gasteiger partial charge in [-0.3, -0.25) is 4.79 Å². The van der Waals surface area contributed by atoms with E-state index in [4.69, 9.17) is 0 Å². The summed E-state index contributed by atoms with van der Waals surface area (Å²) in [6, 6.07) is 6.65. The molecule has 0 saturated carbocycles. The smallest absolute Gasteiger partial charge is 0.309 e. The monoisotopic (exact) mass is 346 g/mol. The molecule has 0 atom stereocenters. The molecule has 1 N–H and O–H groups in total. The van der Waals surface area contributed by atoms with E-state index in [0.717, 1.165) is 32.1 Å². The quantitative estimate of drug-likeness (QED) is 0.486. The number of carbonyl (C=O) groups is 1. The molecule has 0 unspecified atom stereocenters. The highest BCUT2D eigenvalue weighted by Gasteiger charge is 2.26. The van der Waals surface area contributed by atoms with Crippen molar-refractivity contribution in [3.05, 3.63) is 34.9 Å². The summed E-state index contributed by atoms with van der Waals surface area (Å²) in [6.07, 6.45) is 8.81. The number of carboxylic acid groups (broad SMARTS) is 1. The van der Waals surface area contributed by atoms with Gasteiger partial charge in [-0.25, -0.2) is 0 Å². The second kappa shape index (κ2) is 9.40. The van der Waals surface area contributed by atoms with Crippen molar-refractivity contribution in [3.8, 4) is 0 Å². The summed E-state index contributed by atoms with van der Waals surface area (Å²) in [5, 5.41) is 9.22. The average molecular weight is 347 g/mol. The number of unbranched alkanes of at least 4 members (excludes halogenated alkanes) is 2. The lowest BCUT2D eigenvalue weighted by molar-refractivity contribution is -0.147. The number of aryl methyl sites for hydroxylation is 2. The average Bonchev–Trinajstić information content (AvgIpc) is 2.48. The van der Waals surface area contributed by atoms with Crippen LogP contribution < -0.4 is 0 Å². The van der Waals surface area contributed by atoms with Crippen molar-refractivity contribution in [2.45, 2.75) is 92.9 Å². The second-order valence-electron chi connectivity index (χ2n) is 9.38. The molecule has 0 aliphatic heterocycles. The van der Waals surface area contributed by atoms with Crippen molar-refractivity contribution in [2.24, 2.45) is 10.8 Å². The van der Waals surface area contributed by atoms with Crippen LogP contribution in [-0.4, -0.2) is 11.1 Å². The first-order chi connectivity index (χ1) is 11.5. The lowest BCUT2D eigenvalue weighted by Crippen LogP contribution is -2.23. The molecule has 1 aromatic rings. The maximum Gasteiger partial charge on any atom is 0.309 e. The highest BCUT2D eigenvalue weighted by Crippen LogP contribution is 2.26. The third kappa shape index (κ3) is 8.07. The minimum absolute atomic E-state index is 0.423. The Balaban J connectivity index is 2.54. The Kier molecular flexibility index (Phi) is 8.18. The largest absolute Gasteiger partial charge is 0.481 e. The molecule has 2 nitrogen and oxygen atoms in total. The van der Waals surface area contributed by atoms with E-state index >= 15 is 0 Å². The van der Waals surface area contributed by atoms with E-state index in [2.05, 4.69) is 45.9 Å². The zero-order valence-electron chi connectivity index (χ0n) is 17.2. The number of benzene rings is 1. The van der Waals surface area contributed by atoms with Gasteiger partial charge in [-0.2, -0.15) is 0 Å². The van der Waals surface area contributed by atoms with Gasteiger partial charge in [0, 0.05) is 0 Å². The summed E-state index contributed by atoms with van der Waals surface area (Å²) in [6.45, 7) is 12.8. The number of hydrogen-bond donors (Lipinski definition) is 1. The van der Waals surface area contributed by atoms with E-state index in [0.29, 0.717) is 5.41 Å². The van der Waals surface area contributed by atoms with E-state index < -0.39 is 11.4 Å². The van der Waals surface area contributed by atoms with Crippen molar-refractivity contribution in [2.75, 3.05) is 0 Å². The molecule has 0 aliphatic rings. The molecular weight excluding hydrogens is 308 g/mol. The van der Waals surface area contributed by atoms with Gasteiger partial charge in [0.05, 0.1) is 5.41 Å². The molecule has 0 spiro atoms. The van der Waals surface area contributed by atoms with Crippen molar-refractivity contribution >= 4 is 5.97 Å². The predicted octanol–water partition coefficient (Wildman–Crippen LogP) is 6.58. The first-order valence-corrected chi connectivity index (χ1v) is 9.84. The van der Waals surface area contributed by atoms with E-state index in [1.165, 1.54) is 36.0 Å². The first-order valence-electron chi connectivity index (χ1n) is 9.84. The van der Waals surface area contributed by atoms with E-state index in [-0.39, 0.29) is 0 Å². The fourth-order valence-corrected chi connectivity index (χ4v) is 3.30. The van der Waals surface area contributed by atoms with Crippen LogP contribution in [0.5, 0.6) is 0 Å². The molecule has 0 bridgehead atoms. The van der Waals surface area contributed by atoms with Gasteiger partial charge in [0.2, 0.25) is 0 Å². The van der Waals surface area contributed by atoms with Crippen molar-refractivity contribution < 1.29 is 9.90 Å². The third-order valence-electron chi connectivity index (χ3n) is 5.19. The minimum atomic E-state index is -0.692. The highest BCUT2D eigenvalue weighted by atomic mass is 16.4. The van der Waals surface area contributed by atoms with Crippen LogP contribution in [0.1, 0.15) is 89.8 Å². The van der Waals surface area contributed by atoms with E-state index in [1.807, 2.05) is 13.8 Å². The van der Waals surface area contributed by atoms with Gasteiger partial charge < -0.3 is 5.11 Å². The molecule has 0 aromatic heterocycles. The molecule has 2 heteroatoms. The molecule has 0 amide bonds. The summed E-state index contributed by atoms with van der Waals surface area (Å²) in [5.41, 5.74) is 4.18. The number of hydrogen-bond acceptors (Lipinski definition) is 1. The Bertz CT molecular complexity index is 550. The fraction of sp³-hybridized carbons (Fsp3) is 0.696. The molecule has 25 heavy (non-hydrogen) atoms. The van der Waals surface area contributed by atoms with E-state index in [1.54, 1.807) is 0 Å². The van der Waals surface area contributed by atoms with Crippen LogP contribution in [0.25, 0.3) is 0 Å². The van der Waals surface area contributed by atoms with Crippen LogP contribution in [-0.2, 0) is 17.6 Å². The van der Waals surface area contributed by atoms with Crippen LogP contribution in [0.15, 0.2) is 18.2 Å². The van der Waals surface area contributed by atoms with Gasteiger partial charge in [-0.15, -0.1) is 0 Å². The summed E-state index contributed by atoms with van der Waals surface area (Å²) in [5.74, 6) is -0.692. The van der Waals surface area contributed by atoms with Crippen molar-refractivity contribution in [1.29, 1.82) is 0 Å². The molecule has 1 aromatic carbocycles. The molecule has 0 heterocycles. The van der Waals surface area contributed by atoms with Crippen LogP contribution in [0, 0.1) is 17.8 Å².